The van der Waals surface area contributed by atoms with Gasteiger partial charge in [0.2, 0.25) is 0 Å². The molecule has 20 heavy (non-hydrogen) atoms. The van der Waals surface area contributed by atoms with Crippen LogP contribution in [0.25, 0.3) is 0 Å². The minimum absolute atomic E-state index is 0.307. The summed E-state index contributed by atoms with van der Waals surface area (Å²) in [6, 6.07) is 0. The van der Waals surface area contributed by atoms with Crippen molar-refractivity contribution in [3.8, 4) is 0 Å². The highest BCUT2D eigenvalue weighted by atomic mass is 15.4. The van der Waals surface area contributed by atoms with E-state index >= 15 is 0 Å². The summed E-state index contributed by atoms with van der Waals surface area (Å²) < 4.78 is 1.58. The number of aromatic nitrogens is 2. The molecule has 0 aromatic carbocycles. The van der Waals surface area contributed by atoms with Gasteiger partial charge in [-0.1, -0.05) is 34.6 Å². The molecule has 0 amide bonds. The third-order valence-electron chi connectivity index (χ3n) is 4.86. The SMILES string of the molecule is CC(C)c1nc(C2CCC(C(C)(C)C)CC2)c(N)n1N. The fourth-order valence-electron chi connectivity index (χ4n) is 3.42. The van der Waals surface area contributed by atoms with E-state index in [2.05, 4.69) is 34.6 Å². The van der Waals surface area contributed by atoms with Crippen molar-refractivity contribution in [2.75, 3.05) is 11.6 Å². The molecule has 0 saturated heterocycles. The standard InChI is InChI=1S/C16H30N4/c1-10(2)15-19-13(14(17)20(15)18)11-6-8-12(9-7-11)16(3,4)5/h10-12H,6-9,17-18H2,1-5H3. The Kier molecular flexibility index (Phi) is 4.03. The first kappa shape index (κ1) is 15.2. The lowest BCUT2D eigenvalue weighted by atomic mass is 9.69. The zero-order chi connectivity index (χ0) is 15.1. The van der Waals surface area contributed by atoms with E-state index in [9.17, 15) is 0 Å². The van der Waals surface area contributed by atoms with Crippen LogP contribution in [0.2, 0.25) is 0 Å². The van der Waals surface area contributed by atoms with E-state index in [1.54, 1.807) is 4.68 Å². The number of nitrogens with two attached hydrogens (primary N) is 2. The smallest absolute Gasteiger partial charge is 0.146 e. The predicted octanol–water partition coefficient (Wildman–Crippen LogP) is 3.62. The van der Waals surface area contributed by atoms with E-state index in [1.165, 1.54) is 25.7 Å². The average molecular weight is 278 g/mol. The molecule has 1 aromatic heterocycles. The molecule has 1 aromatic rings. The van der Waals surface area contributed by atoms with E-state index in [4.69, 9.17) is 16.6 Å². The summed E-state index contributed by atoms with van der Waals surface area (Å²) in [6.45, 7) is 11.2. The van der Waals surface area contributed by atoms with Gasteiger partial charge in [0, 0.05) is 11.8 Å². The number of nitrogen functional groups attached to an aromatic ring is 2. The molecule has 1 aliphatic carbocycles. The fourth-order valence-corrected chi connectivity index (χ4v) is 3.42. The highest BCUT2D eigenvalue weighted by molar-refractivity contribution is 5.41. The molecule has 0 aliphatic heterocycles. The maximum atomic E-state index is 6.17. The van der Waals surface area contributed by atoms with Crippen molar-refractivity contribution < 1.29 is 0 Å². The van der Waals surface area contributed by atoms with Crippen LogP contribution in [-0.4, -0.2) is 9.66 Å². The van der Waals surface area contributed by atoms with Crippen LogP contribution in [0.5, 0.6) is 0 Å². The lowest BCUT2D eigenvalue weighted by Gasteiger charge is -2.36. The minimum atomic E-state index is 0.307. The molecule has 4 N–H and O–H groups in total. The van der Waals surface area contributed by atoms with Gasteiger partial charge >= 0.3 is 0 Å². The number of hydrogen-bond acceptors (Lipinski definition) is 3. The first-order valence-electron chi connectivity index (χ1n) is 7.85. The summed E-state index contributed by atoms with van der Waals surface area (Å²) in [7, 11) is 0. The molecule has 4 nitrogen and oxygen atoms in total. The van der Waals surface area contributed by atoms with Crippen molar-refractivity contribution in [3.05, 3.63) is 11.5 Å². The van der Waals surface area contributed by atoms with Gasteiger partial charge in [0.05, 0.1) is 5.69 Å². The lowest BCUT2D eigenvalue weighted by Crippen LogP contribution is -2.25. The number of rotatable bonds is 2. The zero-order valence-electron chi connectivity index (χ0n) is 13.6. The molecule has 1 saturated carbocycles. The first-order valence-corrected chi connectivity index (χ1v) is 7.85. The Balaban J connectivity index is 2.13. The van der Waals surface area contributed by atoms with Crippen LogP contribution < -0.4 is 11.6 Å². The van der Waals surface area contributed by atoms with E-state index < -0.39 is 0 Å². The van der Waals surface area contributed by atoms with Gasteiger partial charge in [0.25, 0.3) is 0 Å². The lowest BCUT2D eigenvalue weighted by molar-refractivity contribution is 0.168. The Labute approximate surface area is 122 Å². The maximum Gasteiger partial charge on any atom is 0.146 e. The van der Waals surface area contributed by atoms with Gasteiger partial charge in [-0.15, -0.1) is 0 Å². The molecule has 1 aliphatic rings. The molecule has 0 unspecified atom stereocenters. The third kappa shape index (κ3) is 2.79. The quantitative estimate of drug-likeness (QED) is 0.812. The average Bonchev–Trinajstić information content (AvgIpc) is 2.66. The van der Waals surface area contributed by atoms with Gasteiger partial charge in [-0.25, -0.2) is 9.66 Å². The molecule has 0 atom stereocenters. The van der Waals surface area contributed by atoms with E-state index in [0.717, 1.165) is 17.4 Å². The van der Waals surface area contributed by atoms with E-state index in [1.807, 2.05) is 0 Å². The minimum Gasteiger partial charge on any atom is -0.382 e. The first-order chi connectivity index (χ1) is 9.21. The molecule has 0 spiro atoms. The topological polar surface area (TPSA) is 69.9 Å². The van der Waals surface area contributed by atoms with Crippen LogP contribution in [0.3, 0.4) is 0 Å². The van der Waals surface area contributed by atoms with Gasteiger partial charge in [0.15, 0.2) is 0 Å². The Morgan fingerprint density at radius 2 is 1.70 bits per heavy atom. The van der Waals surface area contributed by atoms with Gasteiger partial charge in [-0.05, 0) is 37.0 Å². The fraction of sp³-hybridized carbons (Fsp3) is 0.812. The number of imidazole rings is 1. The van der Waals surface area contributed by atoms with Crippen molar-refractivity contribution in [3.63, 3.8) is 0 Å². The third-order valence-corrected chi connectivity index (χ3v) is 4.86. The van der Waals surface area contributed by atoms with Gasteiger partial charge in [-0.3, -0.25) is 0 Å². The van der Waals surface area contributed by atoms with Crippen LogP contribution >= 0.6 is 0 Å². The number of anilines is 1. The van der Waals surface area contributed by atoms with Crippen molar-refractivity contribution >= 4 is 5.82 Å². The van der Waals surface area contributed by atoms with Crippen molar-refractivity contribution in [2.45, 2.75) is 72.1 Å². The molecule has 4 heteroatoms. The molecule has 2 rings (SSSR count). The van der Waals surface area contributed by atoms with Crippen LogP contribution in [0, 0.1) is 11.3 Å². The number of hydrogen-bond donors (Lipinski definition) is 2. The molecule has 0 bridgehead atoms. The molecule has 0 radical (unpaired) electrons. The Morgan fingerprint density at radius 3 is 2.10 bits per heavy atom. The largest absolute Gasteiger partial charge is 0.382 e. The Hall–Kier alpha value is -1.19. The summed E-state index contributed by atoms with van der Waals surface area (Å²) in [5.41, 5.74) is 7.61. The second-order valence-corrected chi connectivity index (χ2v) is 7.68. The summed E-state index contributed by atoms with van der Waals surface area (Å²) in [5, 5.41) is 0. The van der Waals surface area contributed by atoms with E-state index in [0.29, 0.717) is 23.1 Å². The van der Waals surface area contributed by atoms with Crippen molar-refractivity contribution in [1.82, 2.24) is 9.66 Å². The van der Waals surface area contributed by atoms with Gasteiger partial charge in [-0.2, -0.15) is 0 Å². The zero-order valence-corrected chi connectivity index (χ0v) is 13.6. The van der Waals surface area contributed by atoms with Crippen LogP contribution in [-0.2, 0) is 0 Å². The molecule has 1 fully saturated rings. The van der Waals surface area contributed by atoms with E-state index in [-0.39, 0.29) is 0 Å². The summed E-state index contributed by atoms with van der Waals surface area (Å²) in [6.07, 6.45) is 4.89. The Morgan fingerprint density at radius 1 is 1.15 bits per heavy atom. The highest BCUT2D eigenvalue weighted by Gasteiger charge is 2.32. The van der Waals surface area contributed by atoms with Crippen LogP contribution in [0.4, 0.5) is 5.82 Å². The second kappa shape index (κ2) is 5.30. The van der Waals surface area contributed by atoms with Crippen molar-refractivity contribution in [1.29, 1.82) is 0 Å². The van der Waals surface area contributed by atoms with Gasteiger partial charge < -0.3 is 11.6 Å². The summed E-state index contributed by atoms with van der Waals surface area (Å²) in [5.74, 6) is 9.19. The highest BCUT2D eigenvalue weighted by Crippen LogP contribution is 2.44. The number of nitrogens with zero attached hydrogens (tertiary/aromatic N) is 2. The Bertz CT molecular complexity index is 460. The molecule has 114 valence electrons. The summed E-state index contributed by atoms with van der Waals surface area (Å²) in [4.78, 5) is 4.73. The maximum absolute atomic E-state index is 6.17. The second-order valence-electron chi connectivity index (χ2n) is 7.68. The summed E-state index contributed by atoms with van der Waals surface area (Å²) >= 11 is 0. The predicted molar refractivity (Wildman–Crippen MR) is 85.0 cm³/mol. The molecule has 1 heterocycles. The molecular formula is C16H30N4. The van der Waals surface area contributed by atoms with Crippen LogP contribution in [0.1, 0.15) is 83.7 Å². The normalized spacial score (nSPS) is 24.3. The van der Waals surface area contributed by atoms with Gasteiger partial charge in [0.1, 0.15) is 11.6 Å². The monoisotopic (exact) mass is 278 g/mol. The molecular weight excluding hydrogens is 248 g/mol. The van der Waals surface area contributed by atoms with Crippen molar-refractivity contribution in [2.24, 2.45) is 11.3 Å². The van der Waals surface area contributed by atoms with Crippen LogP contribution in [0.15, 0.2) is 0 Å².